The Morgan fingerprint density at radius 3 is 2.68 bits per heavy atom. The molecule has 1 aliphatic carbocycles. The molecule has 4 heteroatoms. The van der Waals surface area contributed by atoms with Crippen LogP contribution in [-0.4, -0.2) is 32.2 Å². The molecule has 0 aromatic heterocycles. The van der Waals surface area contributed by atoms with Gasteiger partial charge in [-0.25, -0.2) is 0 Å². The lowest BCUT2D eigenvalue weighted by molar-refractivity contribution is 0.0906. The van der Waals surface area contributed by atoms with Gasteiger partial charge in [-0.3, -0.25) is 4.79 Å². The molecule has 0 saturated heterocycles. The molecule has 104 valence electrons. The highest BCUT2D eigenvalue weighted by Crippen LogP contribution is 2.28. The number of rotatable bonds is 8. The first-order valence-electron chi connectivity index (χ1n) is 6.99. The summed E-state index contributed by atoms with van der Waals surface area (Å²) in [6, 6.07) is 7.50. The Balaban J connectivity index is 1.66. The van der Waals surface area contributed by atoms with E-state index in [1.165, 1.54) is 12.8 Å². The Morgan fingerprint density at radius 2 is 2.05 bits per heavy atom. The summed E-state index contributed by atoms with van der Waals surface area (Å²) in [6.07, 6.45) is 2.59. The minimum Gasteiger partial charge on any atom is -0.385 e. The fourth-order valence-electron chi connectivity index (χ4n) is 1.82. The minimum absolute atomic E-state index is 0.0435. The quantitative estimate of drug-likeness (QED) is 0.707. The Labute approximate surface area is 114 Å². The molecular weight excluding hydrogens is 240 g/mol. The van der Waals surface area contributed by atoms with Crippen molar-refractivity contribution in [2.45, 2.75) is 19.8 Å². The van der Waals surface area contributed by atoms with Crippen molar-refractivity contribution in [1.29, 1.82) is 0 Å². The molecule has 4 nitrogen and oxygen atoms in total. The van der Waals surface area contributed by atoms with E-state index in [1.54, 1.807) is 0 Å². The maximum Gasteiger partial charge on any atom is 0.251 e. The smallest absolute Gasteiger partial charge is 0.251 e. The van der Waals surface area contributed by atoms with Crippen LogP contribution in [0.3, 0.4) is 0 Å². The predicted molar refractivity (Wildman–Crippen MR) is 76.5 cm³/mol. The molecule has 0 spiro atoms. The number of nitrogens with one attached hydrogen (secondary N) is 2. The van der Waals surface area contributed by atoms with Crippen molar-refractivity contribution < 1.29 is 9.53 Å². The van der Waals surface area contributed by atoms with Crippen molar-refractivity contribution in [2.75, 3.05) is 31.6 Å². The summed E-state index contributed by atoms with van der Waals surface area (Å²) in [5.74, 6) is 0.729. The zero-order chi connectivity index (χ0) is 13.5. The molecule has 1 aromatic carbocycles. The van der Waals surface area contributed by atoms with Crippen molar-refractivity contribution in [3.8, 4) is 0 Å². The first-order chi connectivity index (χ1) is 9.29. The van der Waals surface area contributed by atoms with Crippen LogP contribution in [-0.2, 0) is 4.74 Å². The molecule has 1 fully saturated rings. The molecule has 0 radical (unpaired) electrons. The highest BCUT2D eigenvalue weighted by Gasteiger charge is 2.20. The summed E-state index contributed by atoms with van der Waals surface area (Å²) in [5.41, 5.74) is 1.72. The number of carbonyl (C=O) groups excluding carboxylic acids is 1. The second kappa shape index (κ2) is 7.14. The van der Waals surface area contributed by atoms with E-state index < -0.39 is 0 Å². The van der Waals surface area contributed by atoms with Crippen molar-refractivity contribution in [1.82, 2.24) is 5.32 Å². The van der Waals surface area contributed by atoms with E-state index in [1.807, 2.05) is 31.2 Å². The van der Waals surface area contributed by atoms with Crippen LogP contribution in [0.1, 0.15) is 30.1 Å². The van der Waals surface area contributed by atoms with Crippen molar-refractivity contribution in [2.24, 2.45) is 5.92 Å². The second-order valence-corrected chi connectivity index (χ2v) is 4.88. The highest BCUT2D eigenvalue weighted by molar-refractivity contribution is 5.94. The summed E-state index contributed by atoms with van der Waals surface area (Å²) < 4.78 is 5.47. The zero-order valence-electron chi connectivity index (χ0n) is 11.4. The lowest BCUT2D eigenvalue weighted by Gasteiger charge is -2.07. The summed E-state index contributed by atoms with van der Waals surface area (Å²) in [7, 11) is 0. The predicted octanol–water partition coefficient (Wildman–Crippen LogP) is 2.27. The molecule has 0 atom stereocenters. The van der Waals surface area contributed by atoms with Gasteiger partial charge in [0.2, 0.25) is 0 Å². The third-order valence-electron chi connectivity index (χ3n) is 3.11. The van der Waals surface area contributed by atoms with Crippen LogP contribution < -0.4 is 10.6 Å². The number of ether oxygens (including phenoxy) is 1. The van der Waals surface area contributed by atoms with Gasteiger partial charge in [0.1, 0.15) is 0 Å². The molecule has 19 heavy (non-hydrogen) atoms. The van der Waals surface area contributed by atoms with E-state index >= 15 is 0 Å². The van der Waals surface area contributed by atoms with E-state index in [2.05, 4.69) is 10.6 Å². The summed E-state index contributed by atoms with van der Waals surface area (Å²) in [4.78, 5) is 11.8. The Morgan fingerprint density at radius 1 is 1.32 bits per heavy atom. The summed E-state index contributed by atoms with van der Waals surface area (Å²) >= 11 is 0. The average molecular weight is 262 g/mol. The van der Waals surface area contributed by atoms with E-state index in [-0.39, 0.29) is 5.91 Å². The Kier molecular flexibility index (Phi) is 5.21. The van der Waals surface area contributed by atoms with Gasteiger partial charge in [-0.1, -0.05) is 0 Å². The van der Waals surface area contributed by atoms with Crippen LogP contribution in [0.5, 0.6) is 0 Å². The van der Waals surface area contributed by atoms with Crippen LogP contribution in [0.15, 0.2) is 24.3 Å². The van der Waals surface area contributed by atoms with Crippen LogP contribution in [0, 0.1) is 5.92 Å². The number of carbonyl (C=O) groups is 1. The first-order valence-corrected chi connectivity index (χ1v) is 6.99. The molecule has 0 heterocycles. The van der Waals surface area contributed by atoms with Gasteiger partial charge in [0.15, 0.2) is 0 Å². The van der Waals surface area contributed by atoms with Gasteiger partial charge in [-0.05, 0) is 49.9 Å². The van der Waals surface area contributed by atoms with E-state index in [0.29, 0.717) is 18.7 Å². The monoisotopic (exact) mass is 262 g/mol. The number of anilines is 1. The third-order valence-corrected chi connectivity index (χ3v) is 3.11. The van der Waals surface area contributed by atoms with Gasteiger partial charge in [-0.2, -0.15) is 0 Å². The number of amides is 1. The van der Waals surface area contributed by atoms with Gasteiger partial charge in [0.05, 0.1) is 6.61 Å². The highest BCUT2D eigenvalue weighted by atomic mass is 16.5. The molecule has 1 saturated carbocycles. The molecule has 0 bridgehead atoms. The zero-order valence-corrected chi connectivity index (χ0v) is 11.4. The van der Waals surface area contributed by atoms with Crippen molar-refractivity contribution >= 4 is 11.6 Å². The third kappa shape index (κ3) is 4.91. The Bertz CT molecular complexity index is 399. The molecular formula is C15H22N2O2. The van der Waals surface area contributed by atoms with Gasteiger partial charge in [0, 0.05) is 30.9 Å². The summed E-state index contributed by atoms with van der Waals surface area (Å²) in [6.45, 7) is 4.93. The van der Waals surface area contributed by atoms with Crippen molar-refractivity contribution in [3.63, 3.8) is 0 Å². The number of hydrogen-bond donors (Lipinski definition) is 2. The van der Waals surface area contributed by atoms with Gasteiger partial charge < -0.3 is 15.4 Å². The second-order valence-electron chi connectivity index (χ2n) is 4.88. The average Bonchev–Trinajstić information content (AvgIpc) is 3.23. The molecule has 1 aliphatic rings. The van der Waals surface area contributed by atoms with Gasteiger partial charge in [-0.15, -0.1) is 0 Å². The van der Waals surface area contributed by atoms with E-state index in [0.717, 1.165) is 24.8 Å². The SMILES string of the molecule is CCNc1ccc(C(=O)NCCOCC2CC2)cc1. The fourth-order valence-corrected chi connectivity index (χ4v) is 1.82. The number of hydrogen-bond acceptors (Lipinski definition) is 3. The summed E-state index contributed by atoms with van der Waals surface area (Å²) in [5, 5.41) is 6.06. The largest absolute Gasteiger partial charge is 0.385 e. The Hall–Kier alpha value is -1.55. The fraction of sp³-hybridized carbons (Fsp3) is 0.533. The topological polar surface area (TPSA) is 50.4 Å². The molecule has 1 aromatic rings. The lowest BCUT2D eigenvalue weighted by atomic mass is 10.2. The van der Waals surface area contributed by atoms with Crippen LogP contribution >= 0.6 is 0 Å². The van der Waals surface area contributed by atoms with E-state index in [4.69, 9.17) is 4.74 Å². The normalized spacial score (nSPS) is 14.2. The van der Waals surface area contributed by atoms with E-state index in [9.17, 15) is 4.79 Å². The molecule has 1 amide bonds. The minimum atomic E-state index is -0.0435. The van der Waals surface area contributed by atoms with Crippen LogP contribution in [0.2, 0.25) is 0 Å². The molecule has 0 aliphatic heterocycles. The molecule has 2 rings (SSSR count). The molecule has 2 N–H and O–H groups in total. The van der Waals surface area contributed by atoms with Crippen LogP contribution in [0.4, 0.5) is 5.69 Å². The lowest BCUT2D eigenvalue weighted by Crippen LogP contribution is -2.27. The van der Waals surface area contributed by atoms with Crippen LogP contribution in [0.25, 0.3) is 0 Å². The maximum atomic E-state index is 11.8. The van der Waals surface area contributed by atoms with Crippen molar-refractivity contribution in [3.05, 3.63) is 29.8 Å². The number of benzene rings is 1. The maximum absolute atomic E-state index is 11.8. The molecule has 0 unspecified atom stereocenters. The van der Waals surface area contributed by atoms with Gasteiger partial charge in [0.25, 0.3) is 5.91 Å². The van der Waals surface area contributed by atoms with Gasteiger partial charge >= 0.3 is 0 Å². The first kappa shape index (κ1) is 13.9. The standard InChI is InChI=1S/C15H22N2O2/c1-2-16-14-7-5-13(6-8-14)15(18)17-9-10-19-11-12-3-4-12/h5-8,12,16H,2-4,9-11H2,1H3,(H,17,18).